The molecule has 5 nitrogen and oxygen atoms in total. The van der Waals surface area contributed by atoms with Crippen molar-refractivity contribution in [1.82, 2.24) is 0 Å². The Balaban J connectivity index is 1.98. The van der Waals surface area contributed by atoms with E-state index in [4.69, 9.17) is 4.74 Å². The van der Waals surface area contributed by atoms with Gasteiger partial charge in [0.15, 0.2) is 0 Å². The summed E-state index contributed by atoms with van der Waals surface area (Å²) >= 11 is 1.25. The molecular formula is C22H27NO4S. The second kappa shape index (κ2) is 8.78. The minimum absolute atomic E-state index is 0.0173. The van der Waals surface area contributed by atoms with Gasteiger partial charge in [-0.25, -0.2) is 4.79 Å². The van der Waals surface area contributed by atoms with Gasteiger partial charge in [-0.3, -0.25) is 4.79 Å². The maximum atomic E-state index is 13.4. The molecule has 1 aliphatic carbocycles. The maximum absolute atomic E-state index is 13.4. The van der Waals surface area contributed by atoms with E-state index in [1.165, 1.54) is 11.3 Å². The van der Waals surface area contributed by atoms with Crippen LogP contribution in [0.15, 0.2) is 36.4 Å². The number of nitrogens with zero attached hydrogens (tertiary/aromatic N) is 1. The number of anilines is 1. The minimum atomic E-state index is -1.37. The first-order chi connectivity index (χ1) is 13.4. The summed E-state index contributed by atoms with van der Waals surface area (Å²) in [6, 6.07) is 11.5. The van der Waals surface area contributed by atoms with E-state index in [1.807, 2.05) is 50.2 Å². The zero-order valence-electron chi connectivity index (χ0n) is 16.6. The van der Waals surface area contributed by atoms with Crippen molar-refractivity contribution < 1.29 is 19.4 Å². The van der Waals surface area contributed by atoms with E-state index in [0.29, 0.717) is 11.6 Å². The molecule has 28 heavy (non-hydrogen) atoms. The lowest BCUT2D eigenvalue weighted by Crippen LogP contribution is -2.42. The molecule has 1 amide bonds. The van der Waals surface area contributed by atoms with Crippen LogP contribution in [0.3, 0.4) is 0 Å². The molecule has 1 aromatic carbocycles. The molecule has 0 aliphatic heterocycles. The molecule has 150 valence electrons. The van der Waals surface area contributed by atoms with Crippen LogP contribution in [0.5, 0.6) is 5.06 Å². The molecule has 1 saturated carbocycles. The molecule has 6 heteroatoms. The molecule has 0 atom stereocenters. The predicted molar refractivity (Wildman–Crippen MR) is 112 cm³/mol. The van der Waals surface area contributed by atoms with Gasteiger partial charge >= 0.3 is 6.16 Å². The average Bonchev–Trinajstić information content (AvgIpc) is 3.05. The third kappa shape index (κ3) is 4.55. The Labute approximate surface area is 169 Å². The average molecular weight is 402 g/mol. The Morgan fingerprint density at radius 3 is 2.36 bits per heavy atom. The molecule has 1 aliphatic rings. The van der Waals surface area contributed by atoms with Gasteiger partial charge in [0.25, 0.3) is 0 Å². The molecular weight excluding hydrogens is 374 g/mol. The van der Waals surface area contributed by atoms with Crippen LogP contribution in [-0.2, 0) is 4.79 Å². The van der Waals surface area contributed by atoms with Crippen molar-refractivity contribution in [2.45, 2.75) is 52.5 Å². The molecule has 1 aromatic heterocycles. The first kappa shape index (κ1) is 20.4. The second-order valence-electron chi connectivity index (χ2n) is 7.78. The Bertz CT molecular complexity index is 822. The Hall–Kier alpha value is -2.34. The summed E-state index contributed by atoms with van der Waals surface area (Å²) in [6.45, 7) is 6.13. The van der Waals surface area contributed by atoms with Crippen LogP contribution in [-0.4, -0.2) is 23.2 Å². The number of benzene rings is 1. The number of hydrogen-bond donors (Lipinski definition) is 1. The largest absolute Gasteiger partial charge is 0.512 e. The van der Waals surface area contributed by atoms with E-state index in [9.17, 15) is 14.7 Å². The van der Waals surface area contributed by atoms with E-state index in [2.05, 4.69) is 6.92 Å². The molecule has 0 unspecified atom stereocenters. The van der Waals surface area contributed by atoms with Gasteiger partial charge in [-0.1, -0.05) is 48.6 Å². The highest BCUT2D eigenvalue weighted by Crippen LogP contribution is 2.44. The van der Waals surface area contributed by atoms with Crippen LogP contribution in [0, 0.1) is 11.8 Å². The van der Waals surface area contributed by atoms with Crippen molar-refractivity contribution in [2.75, 3.05) is 4.90 Å². The smallest absolute Gasteiger partial charge is 0.449 e. The maximum Gasteiger partial charge on any atom is 0.512 e. The van der Waals surface area contributed by atoms with Crippen molar-refractivity contribution in [2.24, 2.45) is 11.8 Å². The standard InChI is InChI=1S/C22H27NO4S/c1-14(2)23(20(24)17-11-9-15(3)10-12-17)18-13-19(16-7-5-4-6-8-16)28-21(18)27-22(25)26/h4-8,13-15,17H,9-12H2,1-3H3,(H,25,26). The molecule has 0 spiro atoms. The summed E-state index contributed by atoms with van der Waals surface area (Å²) in [7, 11) is 0. The number of rotatable bonds is 5. The highest BCUT2D eigenvalue weighted by atomic mass is 32.1. The molecule has 1 N–H and O–H groups in total. The van der Waals surface area contributed by atoms with Gasteiger partial charge in [-0.15, -0.1) is 0 Å². The third-order valence-electron chi connectivity index (χ3n) is 5.30. The molecule has 0 saturated heterocycles. The van der Waals surface area contributed by atoms with Crippen LogP contribution >= 0.6 is 11.3 Å². The number of carbonyl (C=O) groups excluding carboxylic acids is 1. The van der Waals surface area contributed by atoms with Gasteiger partial charge in [-0.05, 0) is 57.1 Å². The van der Waals surface area contributed by atoms with Gasteiger partial charge in [0.1, 0.15) is 0 Å². The summed E-state index contributed by atoms with van der Waals surface area (Å²) in [5.74, 6) is 0.708. The quantitative estimate of drug-likeness (QED) is 0.620. The van der Waals surface area contributed by atoms with Gasteiger partial charge in [0.05, 0.1) is 5.69 Å². The van der Waals surface area contributed by atoms with Crippen molar-refractivity contribution in [3.63, 3.8) is 0 Å². The van der Waals surface area contributed by atoms with Crippen LogP contribution in [0.1, 0.15) is 46.5 Å². The number of ether oxygens (including phenoxy) is 1. The monoisotopic (exact) mass is 401 g/mol. The fourth-order valence-electron chi connectivity index (χ4n) is 3.78. The molecule has 2 aromatic rings. The Morgan fingerprint density at radius 1 is 1.14 bits per heavy atom. The fraction of sp³-hybridized carbons (Fsp3) is 0.455. The predicted octanol–water partition coefficient (Wildman–Crippen LogP) is 6.04. The number of amides is 1. The number of carbonyl (C=O) groups is 2. The summed E-state index contributed by atoms with van der Waals surface area (Å²) in [4.78, 5) is 27.2. The summed E-state index contributed by atoms with van der Waals surface area (Å²) < 4.78 is 5.07. The van der Waals surface area contributed by atoms with Gasteiger partial charge in [0, 0.05) is 16.8 Å². The van der Waals surface area contributed by atoms with Crippen LogP contribution in [0.4, 0.5) is 10.5 Å². The molecule has 1 heterocycles. The van der Waals surface area contributed by atoms with Crippen molar-refractivity contribution in [3.8, 4) is 15.5 Å². The highest BCUT2D eigenvalue weighted by Gasteiger charge is 2.33. The van der Waals surface area contributed by atoms with E-state index in [1.54, 1.807) is 4.90 Å². The number of thiophene rings is 1. The van der Waals surface area contributed by atoms with Gasteiger partial charge in [0.2, 0.25) is 11.0 Å². The summed E-state index contributed by atoms with van der Waals surface area (Å²) in [5, 5.41) is 9.44. The van der Waals surface area contributed by atoms with E-state index in [-0.39, 0.29) is 22.9 Å². The first-order valence-corrected chi connectivity index (χ1v) is 10.6. The third-order valence-corrected chi connectivity index (χ3v) is 6.35. The first-order valence-electron chi connectivity index (χ1n) is 9.80. The van der Waals surface area contributed by atoms with Crippen LogP contribution in [0.25, 0.3) is 10.4 Å². The van der Waals surface area contributed by atoms with Gasteiger partial charge in [-0.2, -0.15) is 0 Å². The summed E-state index contributed by atoms with van der Waals surface area (Å²) in [6.07, 6.45) is 2.51. The fourth-order valence-corrected chi connectivity index (χ4v) is 4.78. The normalized spacial score (nSPS) is 19.4. The van der Waals surface area contributed by atoms with E-state index in [0.717, 1.165) is 36.1 Å². The topological polar surface area (TPSA) is 66.8 Å². The lowest BCUT2D eigenvalue weighted by Gasteiger charge is -2.33. The Kier molecular flexibility index (Phi) is 6.39. The molecule has 1 fully saturated rings. The number of hydrogen-bond acceptors (Lipinski definition) is 4. The molecule has 0 radical (unpaired) electrons. The van der Waals surface area contributed by atoms with Crippen molar-refractivity contribution in [1.29, 1.82) is 0 Å². The summed E-state index contributed by atoms with van der Waals surface area (Å²) in [5.41, 5.74) is 1.52. The zero-order valence-corrected chi connectivity index (χ0v) is 17.4. The van der Waals surface area contributed by atoms with Crippen molar-refractivity contribution >= 4 is 29.1 Å². The molecule has 3 rings (SSSR count). The van der Waals surface area contributed by atoms with E-state index >= 15 is 0 Å². The van der Waals surface area contributed by atoms with Crippen LogP contribution < -0.4 is 9.64 Å². The SMILES string of the molecule is CC1CCC(C(=O)N(c2cc(-c3ccccc3)sc2OC(=O)O)C(C)C)CC1. The number of carboxylic acid groups (broad SMARTS) is 1. The zero-order chi connectivity index (χ0) is 20.3. The molecule has 0 bridgehead atoms. The second-order valence-corrected chi connectivity index (χ2v) is 8.79. The van der Waals surface area contributed by atoms with Crippen LogP contribution in [0.2, 0.25) is 0 Å². The minimum Gasteiger partial charge on any atom is -0.449 e. The van der Waals surface area contributed by atoms with E-state index < -0.39 is 6.16 Å². The lowest BCUT2D eigenvalue weighted by atomic mass is 9.82. The lowest BCUT2D eigenvalue weighted by molar-refractivity contribution is -0.123. The van der Waals surface area contributed by atoms with Crippen molar-refractivity contribution in [3.05, 3.63) is 36.4 Å². The highest BCUT2D eigenvalue weighted by molar-refractivity contribution is 7.18. The van der Waals surface area contributed by atoms with Gasteiger partial charge < -0.3 is 14.7 Å². The Morgan fingerprint density at radius 2 is 1.79 bits per heavy atom.